The molecule has 7 heteroatoms. The van der Waals surface area contributed by atoms with E-state index in [2.05, 4.69) is 21.2 Å². The van der Waals surface area contributed by atoms with Crippen molar-refractivity contribution in [2.75, 3.05) is 27.4 Å². The topological polar surface area (TPSA) is 66.0 Å². The summed E-state index contributed by atoms with van der Waals surface area (Å²) in [6, 6.07) is 10.8. The van der Waals surface area contributed by atoms with E-state index in [1.54, 1.807) is 12.1 Å². The van der Waals surface area contributed by atoms with Gasteiger partial charge in [0.05, 0.1) is 20.8 Å². The minimum Gasteiger partial charge on any atom is -0.495 e. The first-order valence-electron chi connectivity index (χ1n) is 7.70. The summed E-state index contributed by atoms with van der Waals surface area (Å²) >= 11 is 3.38. The summed E-state index contributed by atoms with van der Waals surface area (Å²) in [7, 11) is 3.07. The second-order valence-electron chi connectivity index (χ2n) is 5.40. The quantitative estimate of drug-likeness (QED) is 0.824. The van der Waals surface area contributed by atoms with Crippen LogP contribution in [0.3, 0.4) is 0 Å². The molecule has 3 rings (SSSR count). The van der Waals surface area contributed by atoms with Crippen molar-refractivity contribution in [2.24, 2.45) is 0 Å². The molecule has 1 unspecified atom stereocenters. The summed E-state index contributed by atoms with van der Waals surface area (Å²) in [5.74, 6) is 2.20. The summed E-state index contributed by atoms with van der Waals surface area (Å²) in [4.78, 5) is 12.4. The molecule has 0 fully saturated rings. The smallest absolute Gasteiger partial charge is 0.251 e. The molecule has 1 N–H and O–H groups in total. The highest BCUT2D eigenvalue weighted by Crippen LogP contribution is 2.35. The van der Waals surface area contributed by atoms with E-state index >= 15 is 0 Å². The molecule has 6 nitrogen and oxygen atoms in total. The van der Waals surface area contributed by atoms with Crippen molar-refractivity contribution in [3.63, 3.8) is 0 Å². The number of para-hydroxylation sites is 2. The Bertz CT molecular complexity index is 755. The van der Waals surface area contributed by atoms with Gasteiger partial charge < -0.3 is 24.3 Å². The Morgan fingerprint density at radius 3 is 2.48 bits per heavy atom. The molecule has 0 aliphatic carbocycles. The number of fused-ring (bicyclic) bond motifs is 1. The Morgan fingerprint density at radius 2 is 1.84 bits per heavy atom. The van der Waals surface area contributed by atoms with Gasteiger partial charge in [-0.15, -0.1) is 0 Å². The van der Waals surface area contributed by atoms with Crippen molar-refractivity contribution in [1.82, 2.24) is 5.32 Å². The van der Waals surface area contributed by atoms with Crippen LogP contribution >= 0.6 is 15.9 Å². The minimum atomic E-state index is -0.252. The molecule has 0 saturated heterocycles. The molecule has 1 amide bonds. The highest BCUT2D eigenvalue weighted by molar-refractivity contribution is 9.10. The van der Waals surface area contributed by atoms with E-state index in [1.165, 1.54) is 14.2 Å². The largest absolute Gasteiger partial charge is 0.495 e. The van der Waals surface area contributed by atoms with Crippen LogP contribution in [0.25, 0.3) is 0 Å². The molecule has 132 valence electrons. The molecule has 0 aromatic heterocycles. The molecule has 1 aliphatic heterocycles. The van der Waals surface area contributed by atoms with Gasteiger partial charge >= 0.3 is 0 Å². The van der Waals surface area contributed by atoms with Crippen LogP contribution in [0.5, 0.6) is 23.0 Å². The molecular weight excluding hydrogens is 390 g/mol. The van der Waals surface area contributed by atoms with Crippen LogP contribution in [-0.2, 0) is 0 Å². The number of methoxy groups -OCH3 is 2. The van der Waals surface area contributed by atoms with E-state index < -0.39 is 0 Å². The number of amides is 1. The van der Waals surface area contributed by atoms with Crippen LogP contribution in [0.15, 0.2) is 40.9 Å². The zero-order valence-electron chi connectivity index (χ0n) is 13.9. The van der Waals surface area contributed by atoms with Gasteiger partial charge in [-0.3, -0.25) is 4.79 Å². The number of hydrogen-bond acceptors (Lipinski definition) is 5. The van der Waals surface area contributed by atoms with Crippen LogP contribution < -0.4 is 24.3 Å². The molecule has 1 atom stereocenters. The fourth-order valence-electron chi connectivity index (χ4n) is 2.47. The summed E-state index contributed by atoms with van der Waals surface area (Å²) in [6.45, 7) is 0.706. The molecule has 1 aliphatic rings. The molecule has 0 spiro atoms. The lowest BCUT2D eigenvalue weighted by Gasteiger charge is -2.26. The van der Waals surface area contributed by atoms with Crippen molar-refractivity contribution in [3.8, 4) is 23.0 Å². The SMILES string of the molecule is COc1cc(C(=O)NCC2COc3ccccc3O2)cc(OC)c1Br. The second-order valence-corrected chi connectivity index (χ2v) is 6.20. The lowest BCUT2D eigenvalue weighted by Crippen LogP contribution is -2.40. The number of benzene rings is 2. The average molecular weight is 408 g/mol. The van der Waals surface area contributed by atoms with E-state index in [-0.39, 0.29) is 12.0 Å². The summed E-state index contributed by atoms with van der Waals surface area (Å²) in [5.41, 5.74) is 0.439. The number of carbonyl (C=O) groups excluding carboxylic acids is 1. The molecule has 2 aromatic carbocycles. The first-order chi connectivity index (χ1) is 12.1. The van der Waals surface area contributed by atoms with E-state index in [0.29, 0.717) is 46.2 Å². The Kier molecular flexibility index (Phi) is 5.33. The lowest BCUT2D eigenvalue weighted by molar-refractivity contribution is 0.0789. The molecule has 25 heavy (non-hydrogen) atoms. The van der Waals surface area contributed by atoms with E-state index in [0.717, 1.165) is 0 Å². The van der Waals surface area contributed by atoms with Gasteiger partial charge in [-0.05, 0) is 40.2 Å². The molecule has 0 bridgehead atoms. The number of ether oxygens (including phenoxy) is 4. The monoisotopic (exact) mass is 407 g/mol. The highest BCUT2D eigenvalue weighted by atomic mass is 79.9. The number of nitrogens with one attached hydrogen (secondary N) is 1. The summed E-state index contributed by atoms with van der Waals surface area (Å²) in [5, 5.41) is 2.85. The van der Waals surface area contributed by atoms with Gasteiger partial charge in [0.15, 0.2) is 11.5 Å². The molecule has 0 radical (unpaired) electrons. The van der Waals surface area contributed by atoms with E-state index in [9.17, 15) is 4.79 Å². The third-order valence-electron chi connectivity index (χ3n) is 3.77. The summed E-state index contributed by atoms with van der Waals surface area (Å²) in [6.07, 6.45) is -0.252. The predicted molar refractivity (Wildman–Crippen MR) is 95.9 cm³/mol. The van der Waals surface area contributed by atoms with Crippen LogP contribution in [0.2, 0.25) is 0 Å². The first-order valence-corrected chi connectivity index (χ1v) is 8.50. The number of hydrogen-bond donors (Lipinski definition) is 1. The standard InChI is InChI=1S/C18H18BrNO5/c1-22-15-7-11(8-16(23-2)17(15)19)18(21)20-9-12-10-24-13-5-3-4-6-14(13)25-12/h3-8,12H,9-10H2,1-2H3,(H,20,21). The maximum atomic E-state index is 12.4. The third-order valence-corrected chi connectivity index (χ3v) is 4.55. The Morgan fingerprint density at radius 1 is 1.20 bits per heavy atom. The van der Waals surface area contributed by atoms with Crippen molar-refractivity contribution in [3.05, 3.63) is 46.4 Å². The maximum absolute atomic E-state index is 12.4. The molecule has 2 aromatic rings. The van der Waals surface area contributed by atoms with Gasteiger partial charge in [0.25, 0.3) is 5.91 Å². The van der Waals surface area contributed by atoms with Crippen LogP contribution in [0.4, 0.5) is 0 Å². The van der Waals surface area contributed by atoms with Crippen molar-refractivity contribution >= 4 is 21.8 Å². The van der Waals surface area contributed by atoms with Crippen LogP contribution in [0.1, 0.15) is 10.4 Å². The Hall–Kier alpha value is -2.41. The Labute approximate surface area is 154 Å². The molecular formula is C18H18BrNO5. The number of carbonyl (C=O) groups is 1. The fourth-order valence-corrected chi connectivity index (χ4v) is 3.03. The van der Waals surface area contributed by atoms with E-state index in [4.69, 9.17) is 18.9 Å². The van der Waals surface area contributed by atoms with Gasteiger partial charge in [0.1, 0.15) is 28.7 Å². The lowest BCUT2D eigenvalue weighted by atomic mass is 10.2. The van der Waals surface area contributed by atoms with Crippen LogP contribution in [-0.4, -0.2) is 39.4 Å². The number of rotatable bonds is 5. The molecule has 1 heterocycles. The van der Waals surface area contributed by atoms with Crippen molar-refractivity contribution < 1.29 is 23.7 Å². The van der Waals surface area contributed by atoms with Gasteiger partial charge in [-0.25, -0.2) is 0 Å². The number of halogens is 1. The van der Waals surface area contributed by atoms with E-state index in [1.807, 2.05) is 24.3 Å². The van der Waals surface area contributed by atoms with Crippen LogP contribution in [0, 0.1) is 0 Å². The van der Waals surface area contributed by atoms with Gasteiger partial charge in [0, 0.05) is 5.56 Å². The summed E-state index contributed by atoms with van der Waals surface area (Å²) < 4.78 is 22.7. The van der Waals surface area contributed by atoms with Crippen molar-refractivity contribution in [1.29, 1.82) is 0 Å². The molecule has 0 saturated carbocycles. The average Bonchev–Trinajstić information content (AvgIpc) is 2.66. The third kappa shape index (κ3) is 3.82. The zero-order chi connectivity index (χ0) is 17.8. The van der Waals surface area contributed by atoms with Gasteiger partial charge in [-0.2, -0.15) is 0 Å². The van der Waals surface area contributed by atoms with Crippen molar-refractivity contribution in [2.45, 2.75) is 6.10 Å². The zero-order valence-corrected chi connectivity index (χ0v) is 15.5. The minimum absolute atomic E-state index is 0.244. The second kappa shape index (κ2) is 7.65. The van der Waals surface area contributed by atoms with Gasteiger partial charge in [-0.1, -0.05) is 12.1 Å². The Balaban J connectivity index is 1.65. The first kappa shape index (κ1) is 17.4. The fraction of sp³-hybridized carbons (Fsp3) is 0.278. The normalized spacial score (nSPS) is 15.4. The highest BCUT2D eigenvalue weighted by Gasteiger charge is 2.22. The predicted octanol–water partition coefficient (Wildman–Crippen LogP) is 3.04. The maximum Gasteiger partial charge on any atom is 0.251 e. The van der Waals surface area contributed by atoms with Gasteiger partial charge in [0.2, 0.25) is 0 Å².